The minimum Gasteiger partial charge on any atom is -0.507 e. The lowest BCUT2D eigenvalue weighted by atomic mass is 10.0. The molecule has 5 rings (SSSR count). The molecule has 0 spiro atoms. The van der Waals surface area contributed by atoms with Crippen LogP contribution in [0.1, 0.15) is 45.0 Å². The highest BCUT2D eigenvalue weighted by atomic mass is 35.5. The Kier molecular flexibility index (Phi) is 7.24. The molecular formula is C28H34ClFN4O6. The van der Waals surface area contributed by atoms with Crippen molar-refractivity contribution in [3.8, 4) is 22.8 Å². The maximum Gasteiger partial charge on any atom is 0.410 e. The van der Waals surface area contributed by atoms with Crippen LogP contribution < -0.4 is 9.64 Å². The van der Waals surface area contributed by atoms with Gasteiger partial charge in [0.15, 0.2) is 5.75 Å². The third-order valence-electron chi connectivity index (χ3n) is 7.06. The third-order valence-corrected chi connectivity index (χ3v) is 7.41. The first kappa shape index (κ1) is 28.2. The van der Waals surface area contributed by atoms with Gasteiger partial charge in [0.1, 0.15) is 45.9 Å². The molecule has 3 aliphatic heterocycles. The van der Waals surface area contributed by atoms with Crippen LogP contribution in [0.5, 0.6) is 11.5 Å². The summed E-state index contributed by atoms with van der Waals surface area (Å²) in [6.07, 6.45) is -0.463. The lowest BCUT2D eigenvalue weighted by Gasteiger charge is -2.41. The third kappa shape index (κ3) is 5.36. The monoisotopic (exact) mass is 576 g/mol. The van der Waals surface area contributed by atoms with Gasteiger partial charge in [0.25, 0.3) is 5.91 Å². The van der Waals surface area contributed by atoms with E-state index in [0.717, 1.165) is 0 Å². The van der Waals surface area contributed by atoms with Gasteiger partial charge in [-0.1, -0.05) is 17.7 Å². The number of hydrogen-bond donors (Lipinski definition) is 1. The van der Waals surface area contributed by atoms with E-state index in [9.17, 15) is 14.7 Å². The average molecular weight is 577 g/mol. The molecule has 1 aromatic carbocycles. The minimum absolute atomic E-state index is 0.0293. The van der Waals surface area contributed by atoms with Crippen LogP contribution in [0, 0.1) is 5.82 Å². The highest BCUT2D eigenvalue weighted by molar-refractivity contribution is 6.35. The molecule has 1 N–H and O–H groups in total. The average Bonchev–Trinajstić information content (AvgIpc) is 3.00. The van der Waals surface area contributed by atoms with Crippen molar-refractivity contribution in [2.45, 2.75) is 51.9 Å². The summed E-state index contributed by atoms with van der Waals surface area (Å²) in [4.78, 5) is 36.8. The number of morpholine rings is 1. The van der Waals surface area contributed by atoms with Crippen molar-refractivity contribution in [2.75, 3.05) is 50.8 Å². The van der Waals surface area contributed by atoms with Crippen LogP contribution in [0.2, 0.25) is 5.02 Å². The number of carbonyl (C=O) groups is 2. The van der Waals surface area contributed by atoms with E-state index in [4.69, 9.17) is 30.8 Å². The van der Waals surface area contributed by atoms with Crippen LogP contribution in [0.4, 0.5) is 15.0 Å². The molecule has 0 bridgehead atoms. The fourth-order valence-electron chi connectivity index (χ4n) is 5.28. The van der Waals surface area contributed by atoms with Crippen molar-refractivity contribution in [1.29, 1.82) is 0 Å². The van der Waals surface area contributed by atoms with Gasteiger partial charge in [0, 0.05) is 32.7 Å². The molecule has 2 saturated heterocycles. The van der Waals surface area contributed by atoms with E-state index in [0.29, 0.717) is 19.7 Å². The number of carbonyl (C=O) groups excluding carboxylic acids is 2. The van der Waals surface area contributed by atoms with Crippen molar-refractivity contribution in [3.05, 3.63) is 34.6 Å². The number of nitrogens with zero attached hydrogens (tertiary/aromatic N) is 4. The largest absolute Gasteiger partial charge is 0.507 e. The smallest absolute Gasteiger partial charge is 0.410 e. The van der Waals surface area contributed by atoms with E-state index in [1.54, 1.807) is 30.6 Å². The maximum atomic E-state index is 15.0. The van der Waals surface area contributed by atoms with Crippen LogP contribution in [-0.4, -0.2) is 95.1 Å². The fourth-order valence-corrected chi connectivity index (χ4v) is 5.56. The second kappa shape index (κ2) is 10.3. The Balaban J connectivity index is 1.59. The Labute approximate surface area is 237 Å². The zero-order chi connectivity index (χ0) is 29.0. The molecule has 1 aromatic heterocycles. The number of phenols is 1. The highest BCUT2D eigenvalue weighted by Gasteiger charge is 2.42. The number of piperazine rings is 1. The summed E-state index contributed by atoms with van der Waals surface area (Å²) in [5.74, 6) is -1.06. The van der Waals surface area contributed by atoms with E-state index in [-0.39, 0.29) is 71.3 Å². The maximum absolute atomic E-state index is 15.0. The second-order valence-corrected chi connectivity index (χ2v) is 12.2. The van der Waals surface area contributed by atoms with Gasteiger partial charge in [0.05, 0.1) is 23.8 Å². The highest BCUT2D eigenvalue weighted by Crippen LogP contribution is 2.46. The zero-order valence-corrected chi connectivity index (χ0v) is 24.0. The predicted octanol–water partition coefficient (Wildman–Crippen LogP) is 4.32. The topological polar surface area (TPSA) is 105 Å². The molecule has 0 radical (unpaired) electrons. The number of aromatic nitrogens is 1. The van der Waals surface area contributed by atoms with Crippen LogP contribution in [-0.2, 0) is 9.47 Å². The second-order valence-electron chi connectivity index (χ2n) is 11.9. The van der Waals surface area contributed by atoms with Gasteiger partial charge >= 0.3 is 6.09 Å². The van der Waals surface area contributed by atoms with E-state index < -0.39 is 29.2 Å². The van der Waals surface area contributed by atoms with Crippen molar-refractivity contribution in [1.82, 2.24) is 14.8 Å². The van der Waals surface area contributed by atoms with Crippen LogP contribution >= 0.6 is 11.6 Å². The van der Waals surface area contributed by atoms with Gasteiger partial charge in [-0.05, 0) is 46.8 Å². The van der Waals surface area contributed by atoms with Crippen LogP contribution in [0.15, 0.2) is 18.2 Å². The van der Waals surface area contributed by atoms with Gasteiger partial charge in [0.2, 0.25) is 0 Å². The van der Waals surface area contributed by atoms with Gasteiger partial charge in [-0.2, -0.15) is 0 Å². The summed E-state index contributed by atoms with van der Waals surface area (Å²) in [6, 6.07) is 3.45. The Bertz CT molecular complexity index is 1330. The lowest BCUT2D eigenvalue weighted by molar-refractivity contribution is -0.0279. The Morgan fingerprint density at radius 2 is 1.98 bits per heavy atom. The number of aromatic hydroxyl groups is 1. The molecule has 40 heavy (non-hydrogen) atoms. The molecule has 0 aliphatic carbocycles. The zero-order valence-electron chi connectivity index (χ0n) is 23.3. The van der Waals surface area contributed by atoms with Gasteiger partial charge in [-0.15, -0.1) is 0 Å². The number of halogens is 2. The number of fused-ring (bicyclic) bond motifs is 2. The Morgan fingerprint density at radius 3 is 2.65 bits per heavy atom. The molecule has 4 heterocycles. The van der Waals surface area contributed by atoms with Gasteiger partial charge in [-0.25, -0.2) is 14.2 Å². The number of phenolic OH excluding ortho intramolecular Hbond substituents is 1. The summed E-state index contributed by atoms with van der Waals surface area (Å²) in [6.45, 7) is 11.3. The number of rotatable bonds is 2. The molecule has 216 valence electrons. The molecule has 0 unspecified atom stereocenters. The molecule has 0 saturated carbocycles. The van der Waals surface area contributed by atoms with Crippen molar-refractivity contribution < 1.29 is 33.3 Å². The van der Waals surface area contributed by atoms with Gasteiger partial charge in [-0.3, -0.25) is 4.79 Å². The standard InChI is InChI=1S/C28H34ClFN4O6/c1-27(2,3)40-26(37)32-9-10-34-16(13-32)14-38-23-20(25(34)36)24(33-11-12-39-28(4,5)15-33)31-22(21(23)29)19-17(30)7-6-8-18(19)35/h6-8,16,35H,9-15H2,1-5H3/t16-/m0/s1. The summed E-state index contributed by atoms with van der Waals surface area (Å²) < 4.78 is 32.6. The summed E-state index contributed by atoms with van der Waals surface area (Å²) in [5, 5.41) is 10.5. The van der Waals surface area contributed by atoms with E-state index in [1.165, 1.54) is 18.2 Å². The van der Waals surface area contributed by atoms with E-state index in [1.807, 2.05) is 18.7 Å². The predicted molar refractivity (Wildman–Crippen MR) is 147 cm³/mol. The summed E-state index contributed by atoms with van der Waals surface area (Å²) in [5.41, 5.74) is -1.25. The van der Waals surface area contributed by atoms with E-state index in [2.05, 4.69) is 0 Å². The number of amides is 2. The first-order valence-electron chi connectivity index (χ1n) is 13.3. The normalized spacial score (nSPS) is 20.8. The molecular weight excluding hydrogens is 543 g/mol. The molecule has 10 nitrogen and oxygen atoms in total. The van der Waals surface area contributed by atoms with Crippen molar-refractivity contribution >= 4 is 29.4 Å². The molecule has 2 fully saturated rings. The number of pyridine rings is 1. The fraction of sp³-hybridized carbons (Fsp3) is 0.536. The Hall–Kier alpha value is -3.31. The first-order valence-corrected chi connectivity index (χ1v) is 13.7. The number of hydrogen-bond acceptors (Lipinski definition) is 8. The quantitative estimate of drug-likeness (QED) is 0.564. The van der Waals surface area contributed by atoms with E-state index >= 15 is 4.39 Å². The van der Waals surface area contributed by atoms with Crippen LogP contribution in [0.25, 0.3) is 11.3 Å². The number of benzene rings is 1. The first-order chi connectivity index (χ1) is 18.8. The SMILES string of the molecule is CC(C)(C)OC(=O)N1CCN2C(=O)c3c(N4CCOC(C)(C)C4)nc(-c4c(O)cccc4F)c(Cl)c3OC[C@@H]2C1. The summed E-state index contributed by atoms with van der Waals surface area (Å²) in [7, 11) is 0. The van der Waals surface area contributed by atoms with Crippen LogP contribution in [0.3, 0.4) is 0 Å². The van der Waals surface area contributed by atoms with Crippen molar-refractivity contribution in [2.24, 2.45) is 0 Å². The van der Waals surface area contributed by atoms with Crippen molar-refractivity contribution in [3.63, 3.8) is 0 Å². The number of ether oxygens (including phenoxy) is 3. The molecule has 1 atom stereocenters. The van der Waals surface area contributed by atoms with Gasteiger partial charge < -0.3 is 34.0 Å². The number of anilines is 1. The minimum atomic E-state index is -0.715. The lowest BCUT2D eigenvalue weighted by Crippen LogP contribution is -2.58. The molecule has 2 amide bonds. The molecule has 2 aromatic rings. The Morgan fingerprint density at radius 1 is 1.23 bits per heavy atom. The molecule has 3 aliphatic rings. The molecule has 12 heteroatoms. The summed E-state index contributed by atoms with van der Waals surface area (Å²) >= 11 is 6.80.